The number of rotatable bonds is 18. The summed E-state index contributed by atoms with van der Waals surface area (Å²) in [7, 11) is 0. The molecule has 1 aromatic carbocycles. The molecule has 0 aliphatic rings. The third-order valence-corrected chi connectivity index (χ3v) is 6.15. The van der Waals surface area contributed by atoms with Crippen LogP contribution in [0.5, 0.6) is 0 Å². The predicted octanol–water partition coefficient (Wildman–Crippen LogP) is 8.08. The van der Waals surface area contributed by atoms with Crippen LogP contribution in [0, 0.1) is 11.8 Å². The van der Waals surface area contributed by atoms with E-state index in [-0.39, 0.29) is 11.5 Å². The zero-order valence-corrected chi connectivity index (χ0v) is 21.0. The molecule has 4 heteroatoms. The molecule has 0 aliphatic heterocycles. The highest BCUT2D eigenvalue weighted by Crippen LogP contribution is 2.24. The van der Waals surface area contributed by atoms with E-state index in [0.29, 0.717) is 18.1 Å². The summed E-state index contributed by atoms with van der Waals surface area (Å²) in [4.78, 5) is 24.3. The smallest absolute Gasteiger partial charge is 0.338 e. The summed E-state index contributed by atoms with van der Waals surface area (Å²) in [6.07, 6.45) is 14.5. The Labute approximate surface area is 196 Å². The number of esters is 1. The van der Waals surface area contributed by atoms with Crippen molar-refractivity contribution in [3.8, 4) is 0 Å². The lowest BCUT2D eigenvalue weighted by Gasteiger charge is -2.18. The Morgan fingerprint density at radius 3 is 2.22 bits per heavy atom. The van der Waals surface area contributed by atoms with Gasteiger partial charge in [-0.05, 0) is 48.4 Å². The number of carbonyl (C=O) groups excluding carboxylic acids is 1. The van der Waals surface area contributed by atoms with E-state index in [0.717, 1.165) is 50.0 Å². The number of aromatic carboxylic acids is 1. The van der Waals surface area contributed by atoms with E-state index in [1.54, 1.807) is 12.1 Å². The van der Waals surface area contributed by atoms with Crippen LogP contribution in [0.3, 0.4) is 0 Å². The molecule has 1 unspecified atom stereocenters. The molecule has 1 rings (SSSR count). The summed E-state index contributed by atoms with van der Waals surface area (Å²) in [5.41, 5.74) is 1.59. The van der Waals surface area contributed by atoms with E-state index in [1.165, 1.54) is 51.0 Å². The zero-order chi connectivity index (χ0) is 23.8. The molecule has 0 fully saturated rings. The number of carboxylic acids is 1. The predicted molar refractivity (Wildman–Crippen MR) is 132 cm³/mol. The minimum atomic E-state index is -0.957. The highest BCUT2D eigenvalue weighted by Gasteiger charge is 2.19. The zero-order valence-electron chi connectivity index (χ0n) is 21.0. The SMILES string of the molecule is CCCCCC(CCC)Cc1cc(C(=O)O)ccc1C(=O)OCCCCCCCC(C)C. The van der Waals surface area contributed by atoms with Crippen LogP contribution in [0.1, 0.15) is 131 Å². The molecule has 0 bridgehead atoms. The Balaban J connectivity index is 2.68. The molecular formula is C28H46O4. The molecule has 4 nitrogen and oxygen atoms in total. The molecule has 182 valence electrons. The van der Waals surface area contributed by atoms with E-state index in [2.05, 4.69) is 27.7 Å². The van der Waals surface area contributed by atoms with Crippen LogP contribution in [0.4, 0.5) is 0 Å². The molecule has 1 aromatic rings. The van der Waals surface area contributed by atoms with Gasteiger partial charge in [-0.1, -0.05) is 98.3 Å². The number of unbranched alkanes of at least 4 members (excludes halogenated alkanes) is 6. The number of hydrogen-bond donors (Lipinski definition) is 1. The largest absolute Gasteiger partial charge is 0.478 e. The standard InChI is InChI=1S/C28H46O4/c1-5-7-11-16-23(14-6-2)20-25-21-24(27(29)30)17-18-26(25)28(31)32-19-13-10-8-9-12-15-22(3)4/h17-18,21-23H,5-16,19-20H2,1-4H3,(H,29,30). The summed E-state index contributed by atoms with van der Waals surface area (Å²) >= 11 is 0. The van der Waals surface area contributed by atoms with E-state index in [1.807, 2.05) is 0 Å². The maximum Gasteiger partial charge on any atom is 0.338 e. The molecule has 0 radical (unpaired) electrons. The van der Waals surface area contributed by atoms with Crippen molar-refractivity contribution < 1.29 is 19.4 Å². The third kappa shape index (κ3) is 11.7. The molecular weight excluding hydrogens is 400 g/mol. The Hall–Kier alpha value is -1.84. The summed E-state index contributed by atoms with van der Waals surface area (Å²) in [5.74, 6) is -0.0450. The molecule has 0 saturated heterocycles. The number of carbonyl (C=O) groups is 2. The summed E-state index contributed by atoms with van der Waals surface area (Å²) < 4.78 is 5.57. The van der Waals surface area contributed by atoms with Crippen molar-refractivity contribution in [1.82, 2.24) is 0 Å². The van der Waals surface area contributed by atoms with Crippen molar-refractivity contribution in [3.63, 3.8) is 0 Å². The van der Waals surface area contributed by atoms with Crippen LogP contribution >= 0.6 is 0 Å². The number of benzene rings is 1. The first-order valence-corrected chi connectivity index (χ1v) is 12.9. The minimum Gasteiger partial charge on any atom is -0.478 e. The van der Waals surface area contributed by atoms with Crippen LogP contribution in [0.15, 0.2) is 18.2 Å². The average molecular weight is 447 g/mol. The minimum absolute atomic E-state index is 0.238. The molecule has 0 aromatic heterocycles. The first kappa shape index (κ1) is 28.2. The van der Waals surface area contributed by atoms with E-state index < -0.39 is 5.97 Å². The fourth-order valence-corrected chi connectivity index (χ4v) is 4.27. The average Bonchev–Trinajstić information content (AvgIpc) is 2.75. The normalized spacial score (nSPS) is 12.2. The van der Waals surface area contributed by atoms with Gasteiger partial charge < -0.3 is 9.84 Å². The number of hydrogen-bond acceptors (Lipinski definition) is 3. The van der Waals surface area contributed by atoms with Crippen molar-refractivity contribution in [2.75, 3.05) is 6.61 Å². The summed E-state index contributed by atoms with van der Waals surface area (Å²) in [5, 5.41) is 9.43. The molecule has 1 atom stereocenters. The molecule has 0 aliphatic carbocycles. The van der Waals surface area contributed by atoms with Crippen molar-refractivity contribution in [2.45, 2.75) is 111 Å². The number of carboxylic acid groups (broad SMARTS) is 1. The second-order valence-electron chi connectivity index (χ2n) is 9.62. The fourth-order valence-electron chi connectivity index (χ4n) is 4.27. The van der Waals surface area contributed by atoms with Gasteiger partial charge in [0.2, 0.25) is 0 Å². The van der Waals surface area contributed by atoms with Crippen LogP contribution in [-0.4, -0.2) is 23.7 Å². The quantitative estimate of drug-likeness (QED) is 0.183. The molecule has 0 saturated carbocycles. The first-order chi connectivity index (χ1) is 15.4. The fraction of sp³-hybridized carbons (Fsp3) is 0.714. The maximum absolute atomic E-state index is 12.8. The highest BCUT2D eigenvalue weighted by atomic mass is 16.5. The highest BCUT2D eigenvalue weighted by molar-refractivity contribution is 5.94. The second kappa shape index (κ2) is 16.7. The Morgan fingerprint density at radius 1 is 0.875 bits per heavy atom. The Bertz CT molecular complexity index is 665. The Kier molecular flexibility index (Phi) is 14.8. The summed E-state index contributed by atoms with van der Waals surface area (Å²) in [6.45, 7) is 9.32. The third-order valence-electron chi connectivity index (χ3n) is 6.15. The van der Waals surface area contributed by atoms with Gasteiger partial charge in [0, 0.05) is 0 Å². The van der Waals surface area contributed by atoms with Crippen molar-refractivity contribution in [2.24, 2.45) is 11.8 Å². The lowest BCUT2D eigenvalue weighted by atomic mass is 9.87. The molecule has 32 heavy (non-hydrogen) atoms. The van der Waals surface area contributed by atoms with Gasteiger partial charge in [-0.25, -0.2) is 9.59 Å². The Morgan fingerprint density at radius 2 is 1.56 bits per heavy atom. The molecule has 1 N–H and O–H groups in total. The lowest BCUT2D eigenvalue weighted by Crippen LogP contribution is -2.14. The van der Waals surface area contributed by atoms with Crippen LogP contribution in [0.25, 0.3) is 0 Å². The van der Waals surface area contributed by atoms with Gasteiger partial charge in [0.05, 0.1) is 17.7 Å². The van der Waals surface area contributed by atoms with Crippen molar-refractivity contribution in [3.05, 3.63) is 34.9 Å². The molecule has 0 spiro atoms. The molecule has 0 amide bonds. The van der Waals surface area contributed by atoms with Gasteiger partial charge in [0.1, 0.15) is 0 Å². The number of ether oxygens (including phenoxy) is 1. The second-order valence-corrected chi connectivity index (χ2v) is 9.62. The van der Waals surface area contributed by atoms with Crippen molar-refractivity contribution >= 4 is 11.9 Å². The lowest BCUT2D eigenvalue weighted by molar-refractivity contribution is 0.0495. The maximum atomic E-state index is 12.8. The van der Waals surface area contributed by atoms with Gasteiger partial charge in [-0.2, -0.15) is 0 Å². The van der Waals surface area contributed by atoms with Crippen LogP contribution < -0.4 is 0 Å². The topological polar surface area (TPSA) is 63.6 Å². The van der Waals surface area contributed by atoms with E-state index in [9.17, 15) is 14.7 Å². The van der Waals surface area contributed by atoms with E-state index in [4.69, 9.17) is 4.74 Å². The van der Waals surface area contributed by atoms with Gasteiger partial charge in [-0.3, -0.25) is 0 Å². The van der Waals surface area contributed by atoms with Crippen molar-refractivity contribution in [1.29, 1.82) is 0 Å². The summed E-state index contributed by atoms with van der Waals surface area (Å²) in [6, 6.07) is 4.83. The van der Waals surface area contributed by atoms with Gasteiger partial charge >= 0.3 is 11.9 Å². The van der Waals surface area contributed by atoms with E-state index >= 15 is 0 Å². The van der Waals surface area contributed by atoms with Gasteiger partial charge in [0.15, 0.2) is 0 Å². The van der Waals surface area contributed by atoms with Gasteiger partial charge in [0.25, 0.3) is 0 Å². The monoisotopic (exact) mass is 446 g/mol. The van der Waals surface area contributed by atoms with Crippen LogP contribution in [0.2, 0.25) is 0 Å². The van der Waals surface area contributed by atoms with Gasteiger partial charge in [-0.15, -0.1) is 0 Å². The first-order valence-electron chi connectivity index (χ1n) is 12.9. The van der Waals surface area contributed by atoms with Crippen LogP contribution in [-0.2, 0) is 11.2 Å². The molecule has 0 heterocycles.